The zero-order valence-corrected chi connectivity index (χ0v) is 26.4. The van der Waals surface area contributed by atoms with Crippen molar-refractivity contribution in [2.45, 2.75) is 108 Å². The quantitative estimate of drug-likeness (QED) is 0.326. The van der Waals surface area contributed by atoms with Gasteiger partial charge in [0, 0.05) is 11.5 Å². The molecule has 43 heavy (non-hydrogen) atoms. The van der Waals surface area contributed by atoms with Gasteiger partial charge in [-0.25, -0.2) is 0 Å². The highest BCUT2D eigenvalue weighted by atomic mass is 16.5. The molecule has 9 rings (SSSR count). The molecule has 11 atom stereocenters. The summed E-state index contributed by atoms with van der Waals surface area (Å²) in [6.07, 6.45) is 39.8. The van der Waals surface area contributed by atoms with E-state index in [1.807, 2.05) is 5.57 Å². The van der Waals surface area contributed by atoms with Gasteiger partial charge in [0.05, 0.1) is 0 Å². The number of allylic oxidation sites excluding steroid dienone is 8. The van der Waals surface area contributed by atoms with Crippen molar-refractivity contribution in [1.82, 2.24) is 0 Å². The highest BCUT2D eigenvalue weighted by Crippen LogP contribution is 2.61. The lowest BCUT2D eigenvalue weighted by Gasteiger charge is -2.57. The van der Waals surface area contributed by atoms with E-state index < -0.39 is 0 Å². The summed E-state index contributed by atoms with van der Waals surface area (Å²) in [5, 5.41) is 0. The van der Waals surface area contributed by atoms with E-state index in [1.165, 1.54) is 108 Å². The molecule has 11 unspecified atom stereocenters. The molecule has 1 aromatic carbocycles. The lowest BCUT2D eigenvalue weighted by Crippen LogP contribution is -2.49. The number of benzene rings is 1. The number of hydrogen-bond donors (Lipinski definition) is 0. The summed E-state index contributed by atoms with van der Waals surface area (Å²) in [6.45, 7) is 0. The molecule has 228 valence electrons. The van der Waals surface area contributed by atoms with Gasteiger partial charge in [0.2, 0.25) is 0 Å². The molecule has 0 aromatic heterocycles. The second-order valence-electron chi connectivity index (χ2n) is 16.3. The minimum Gasteiger partial charge on any atom is -0.489 e. The Balaban J connectivity index is 0.940. The number of para-hydroxylation sites is 1. The smallest absolute Gasteiger partial charge is 0.123 e. The maximum absolute atomic E-state index is 6.50. The summed E-state index contributed by atoms with van der Waals surface area (Å²) in [5.41, 5.74) is 3.47. The van der Waals surface area contributed by atoms with E-state index in [0.29, 0.717) is 12.0 Å². The molecular weight excluding hydrogens is 520 g/mol. The molecule has 0 amide bonds. The Hall–Kier alpha value is -2.02. The maximum atomic E-state index is 6.50. The van der Waals surface area contributed by atoms with Crippen molar-refractivity contribution in [3.05, 3.63) is 77.9 Å². The summed E-state index contributed by atoms with van der Waals surface area (Å²) in [5.74, 6) is 11.6. The Kier molecular flexibility index (Phi) is 7.24. The molecule has 0 spiro atoms. The van der Waals surface area contributed by atoms with Crippen LogP contribution in [-0.4, -0.2) is 6.10 Å². The van der Waals surface area contributed by atoms with Crippen LogP contribution in [0.5, 0.6) is 5.75 Å². The molecule has 0 bridgehead atoms. The molecule has 0 N–H and O–H groups in total. The van der Waals surface area contributed by atoms with Crippen molar-refractivity contribution in [2.75, 3.05) is 0 Å². The minimum absolute atomic E-state index is 0.426. The molecule has 1 heterocycles. The van der Waals surface area contributed by atoms with Gasteiger partial charge < -0.3 is 4.74 Å². The molecule has 1 heteroatoms. The van der Waals surface area contributed by atoms with Crippen LogP contribution >= 0.6 is 0 Å². The van der Waals surface area contributed by atoms with Crippen molar-refractivity contribution in [3.8, 4) is 5.75 Å². The first-order valence-electron chi connectivity index (χ1n) is 18.8. The predicted molar refractivity (Wildman–Crippen MR) is 177 cm³/mol. The molecule has 1 nitrogen and oxygen atoms in total. The molecule has 1 aromatic rings. The lowest BCUT2D eigenvalue weighted by molar-refractivity contribution is -0.00516. The lowest BCUT2D eigenvalue weighted by atomic mass is 9.48. The van der Waals surface area contributed by atoms with Gasteiger partial charge in [0.1, 0.15) is 11.9 Å². The van der Waals surface area contributed by atoms with Crippen LogP contribution in [0.25, 0.3) is 0 Å². The van der Waals surface area contributed by atoms with Gasteiger partial charge in [-0.2, -0.15) is 0 Å². The van der Waals surface area contributed by atoms with E-state index in [9.17, 15) is 0 Å². The number of rotatable bonds is 3. The third-order valence-electron chi connectivity index (χ3n) is 14.6. The highest BCUT2D eigenvalue weighted by molar-refractivity contribution is 5.41. The van der Waals surface area contributed by atoms with Gasteiger partial charge in [-0.05, 0) is 167 Å². The van der Waals surface area contributed by atoms with E-state index in [-0.39, 0.29) is 0 Å². The van der Waals surface area contributed by atoms with E-state index in [0.717, 1.165) is 65.1 Å². The Morgan fingerprint density at radius 3 is 2.37 bits per heavy atom. The van der Waals surface area contributed by atoms with Crippen LogP contribution in [0, 0.1) is 65.1 Å². The molecule has 4 fully saturated rings. The maximum Gasteiger partial charge on any atom is 0.123 e. The van der Waals surface area contributed by atoms with Gasteiger partial charge in [-0.3, -0.25) is 0 Å². The number of hydrogen-bond acceptors (Lipinski definition) is 1. The zero-order valence-electron chi connectivity index (χ0n) is 26.4. The zero-order chi connectivity index (χ0) is 28.3. The first-order chi connectivity index (χ1) is 21.3. The van der Waals surface area contributed by atoms with Gasteiger partial charge in [0.15, 0.2) is 0 Å². The van der Waals surface area contributed by atoms with Crippen LogP contribution in [0.1, 0.15) is 108 Å². The molecule has 8 aliphatic rings. The second-order valence-corrected chi connectivity index (χ2v) is 16.3. The van der Waals surface area contributed by atoms with Crippen LogP contribution in [-0.2, 0) is 0 Å². The Morgan fingerprint density at radius 2 is 1.44 bits per heavy atom. The van der Waals surface area contributed by atoms with Gasteiger partial charge in [0.25, 0.3) is 0 Å². The third-order valence-corrected chi connectivity index (χ3v) is 14.6. The summed E-state index contributed by atoms with van der Waals surface area (Å²) in [6, 6.07) is 8.99. The van der Waals surface area contributed by atoms with Crippen molar-refractivity contribution >= 4 is 0 Å². The van der Waals surface area contributed by atoms with Crippen LogP contribution in [0.3, 0.4) is 0 Å². The number of fused-ring (bicyclic) bond motifs is 6. The van der Waals surface area contributed by atoms with E-state index in [2.05, 4.69) is 66.8 Å². The molecule has 4 saturated carbocycles. The fourth-order valence-corrected chi connectivity index (χ4v) is 12.8. The van der Waals surface area contributed by atoms with E-state index in [1.54, 1.807) is 0 Å². The fourth-order valence-electron chi connectivity index (χ4n) is 12.8. The van der Waals surface area contributed by atoms with Gasteiger partial charge in [-0.1, -0.05) is 66.3 Å². The van der Waals surface area contributed by atoms with Crippen molar-refractivity contribution in [2.24, 2.45) is 65.1 Å². The van der Waals surface area contributed by atoms with E-state index in [4.69, 9.17) is 4.74 Å². The van der Waals surface area contributed by atoms with Gasteiger partial charge >= 0.3 is 0 Å². The van der Waals surface area contributed by atoms with Crippen molar-refractivity contribution < 1.29 is 4.74 Å². The summed E-state index contributed by atoms with van der Waals surface area (Å²) >= 11 is 0. The Morgan fingerprint density at radius 1 is 0.628 bits per heavy atom. The Bertz CT molecular complexity index is 1290. The average molecular weight is 575 g/mol. The first kappa shape index (κ1) is 27.3. The summed E-state index contributed by atoms with van der Waals surface area (Å²) < 4.78 is 6.50. The van der Waals surface area contributed by atoms with E-state index >= 15 is 0 Å². The first-order valence-corrected chi connectivity index (χ1v) is 18.8. The molecule has 1 aliphatic heterocycles. The normalized spacial score (nSPS) is 46.4. The summed E-state index contributed by atoms with van der Waals surface area (Å²) in [4.78, 5) is 0. The molecule has 0 radical (unpaired) electrons. The van der Waals surface area contributed by atoms with Crippen LogP contribution in [0.15, 0.2) is 72.4 Å². The monoisotopic (exact) mass is 574 g/mol. The van der Waals surface area contributed by atoms with Crippen LogP contribution < -0.4 is 4.74 Å². The summed E-state index contributed by atoms with van der Waals surface area (Å²) in [7, 11) is 0. The van der Waals surface area contributed by atoms with Crippen LogP contribution in [0.2, 0.25) is 0 Å². The highest BCUT2D eigenvalue weighted by Gasteiger charge is 2.53. The molecular formula is C42H54O. The predicted octanol–water partition coefficient (Wildman–Crippen LogP) is 10.9. The SMILES string of the molecule is C1=CC2CCC(C3CCC(C4C5CCCC=C5C(C5CCC6Oc7ccccc7C6C5)C5C=CCCC54)CC3)CC2C=C1. The Labute approximate surface area is 261 Å². The molecule has 7 aliphatic carbocycles. The molecule has 0 saturated heterocycles. The largest absolute Gasteiger partial charge is 0.489 e. The van der Waals surface area contributed by atoms with Crippen molar-refractivity contribution in [1.29, 1.82) is 0 Å². The van der Waals surface area contributed by atoms with Gasteiger partial charge in [-0.15, -0.1) is 0 Å². The topological polar surface area (TPSA) is 9.23 Å². The average Bonchev–Trinajstić information content (AvgIpc) is 3.45. The van der Waals surface area contributed by atoms with Crippen LogP contribution in [0.4, 0.5) is 0 Å². The third kappa shape index (κ3) is 4.77. The fraction of sp³-hybridized carbons (Fsp3) is 0.667. The second kappa shape index (κ2) is 11.4. The van der Waals surface area contributed by atoms with Crippen molar-refractivity contribution in [3.63, 3.8) is 0 Å². The standard InChI is InChI=1S/C42H54O/c1-2-10-30-25-31(22-19-27(30)9-1)28-17-20-29(21-18-28)41-34-12-3-5-14-36(34)42(37-15-6-4-13-35(37)41)32-23-24-40-38(26-32)33-11-7-8-16-39(33)43-40/h1-2,5,7-11,14-16,27-32,34-36,38,40-42H,3-4,6,12-13,17-26H2. The minimum atomic E-state index is 0.426. The number of ether oxygens (including phenoxy) is 1.